The highest BCUT2D eigenvalue weighted by atomic mass is 16.3. The summed E-state index contributed by atoms with van der Waals surface area (Å²) in [6.07, 6.45) is 5.79. The summed E-state index contributed by atoms with van der Waals surface area (Å²) in [6.45, 7) is 10.2. The van der Waals surface area contributed by atoms with Gasteiger partial charge in [0.1, 0.15) is 5.60 Å². The van der Waals surface area contributed by atoms with Crippen molar-refractivity contribution in [3.63, 3.8) is 0 Å². The van der Waals surface area contributed by atoms with Crippen molar-refractivity contribution < 1.29 is 5.11 Å². The van der Waals surface area contributed by atoms with Gasteiger partial charge in [0.2, 0.25) is 5.95 Å². The van der Waals surface area contributed by atoms with Crippen LogP contribution in [0.25, 0.3) is 16.9 Å². The molecule has 1 aromatic carbocycles. The molecule has 0 unspecified atom stereocenters. The van der Waals surface area contributed by atoms with Gasteiger partial charge in [-0.25, -0.2) is 9.67 Å². The van der Waals surface area contributed by atoms with Gasteiger partial charge in [-0.3, -0.25) is 0 Å². The third kappa shape index (κ3) is 5.05. The summed E-state index contributed by atoms with van der Waals surface area (Å²) in [6, 6.07) is 10.5. The maximum absolute atomic E-state index is 10.3. The van der Waals surface area contributed by atoms with Crippen molar-refractivity contribution in [1.82, 2.24) is 34.6 Å². The van der Waals surface area contributed by atoms with Gasteiger partial charge in [0.25, 0.3) is 0 Å². The molecule has 4 heterocycles. The van der Waals surface area contributed by atoms with E-state index < -0.39 is 5.60 Å². The second-order valence-corrected chi connectivity index (χ2v) is 10.2. The van der Waals surface area contributed by atoms with Crippen LogP contribution in [0.5, 0.6) is 0 Å². The Balaban J connectivity index is 1.45. The number of imidazole rings is 1. The fraction of sp³-hybridized carbons (Fsp3) is 0.462. The van der Waals surface area contributed by atoms with Gasteiger partial charge in [-0.05, 0) is 71.3 Å². The number of nitrogens with zero attached hydrogens (tertiary/aromatic N) is 6. The zero-order valence-corrected chi connectivity index (χ0v) is 21.4. The number of anilines is 2. The molecule has 0 amide bonds. The molecule has 1 aliphatic rings. The normalized spacial score (nSPS) is 15.1. The number of nitrogens with one attached hydrogen (secondary N) is 3. The van der Waals surface area contributed by atoms with E-state index in [9.17, 15) is 5.11 Å². The van der Waals surface area contributed by atoms with Gasteiger partial charge in [0.05, 0.1) is 17.7 Å². The topological polar surface area (TPSA) is 118 Å². The standard InChI is InChI=1S/C26H35N9O/c1-17(2)34-16-29-22-23(31-25(32-24(22)34)30-19-9-12-27-13-10-19)28-15-18-7-5-6-8-20(18)35-14-11-21(33-35)26(3,4)36/h5-8,11,14,16-17,19,27,36H,9-10,12-13,15H2,1-4H3,(H2,28,30,31,32). The van der Waals surface area contributed by atoms with Crippen LogP contribution < -0.4 is 16.0 Å². The number of hydrogen-bond acceptors (Lipinski definition) is 8. The minimum Gasteiger partial charge on any atom is -0.384 e. The van der Waals surface area contributed by atoms with Gasteiger partial charge >= 0.3 is 0 Å². The zero-order chi connectivity index (χ0) is 25.3. The number of benzene rings is 1. The molecule has 0 bridgehead atoms. The molecule has 0 radical (unpaired) electrons. The molecule has 4 aromatic rings. The fourth-order valence-electron chi connectivity index (χ4n) is 4.48. The van der Waals surface area contributed by atoms with Crippen molar-refractivity contribution in [3.05, 3.63) is 54.1 Å². The second-order valence-electron chi connectivity index (χ2n) is 10.2. The van der Waals surface area contributed by atoms with Crippen LogP contribution in [-0.2, 0) is 12.1 Å². The van der Waals surface area contributed by atoms with E-state index in [-0.39, 0.29) is 6.04 Å². The maximum atomic E-state index is 10.3. The highest BCUT2D eigenvalue weighted by molar-refractivity contribution is 5.84. The third-order valence-corrected chi connectivity index (χ3v) is 6.55. The molecule has 190 valence electrons. The molecule has 36 heavy (non-hydrogen) atoms. The van der Waals surface area contributed by atoms with Crippen molar-refractivity contribution >= 4 is 22.9 Å². The van der Waals surface area contributed by atoms with Crippen LogP contribution in [0.2, 0.25) is 0 Å². The molecule has 0 aliphatic carbocycles. The first kappa shape index (κ1) is 24.2. The van der Waals surface area contributed by atoms with E-state index in [1.54, 1.807) is 18.5 Å². The number of fused-ring (bicyclic) bond motifs is 1. The zero-order valence-electron chi connectivity index (χ0n) is 21.4. The van der Waals surface area contributed by atoms with E-state index in [2.05, 4.69) is 50.5 Å². The molecule has 5 rings (SSSR count). The summed E-state index contributed by atoms with van der Waals surface area (Å²) in [5.74, 6) is 1.32. The number of hydrogen-bond donors (Lipinski definition) is 4. The number of para-hydroxylation sites is 1. The van der Waals surface area contributed by atoms with Crippen molar-refractivity contribution in [1.29, 1.82) is 0 Å². The maximum Gasteiger partial charge on any atom is 0.227 e. The van der Waals surface area contributed by atoms with Crippen LogP contribution in [0.1, 0.15) is 57.8 Å². The Hall–Kier alpha value is -3.50. The lowest BCUT2D eigenvalue weighted by Crippen LogP contribution is -2.35. The van der Waals surface area contributed by atoms with Crippen molar-refractivity contribution in [3.8, 4) is 5.69 Å². The minimum atomic E-state index is -1.00. The molecule has 10 heteroatoms. The molecule has 3 aromatic heterocycles. The minimum absolute atomic E-state index is 0.231. The summed E-state index contributed by atoms with van der Waals surface area (Å²) < 4.78 is 3.88. The first-order valence-corrected chi connectivity index (χ1v) is 12.6. The molecule has 1 aliphatic heterocycles. The lowest BCUT2D eigenvalue weighted by molar-refractivity contribution is 0.0734. The van der Waals surface area contributed by atoms with E-state index in [0.717, 1.165) is 48.3 Å². The number of aliphatic hydroxyl groups is 1. The highest BCUT2D eigenvalue weighted by Crippen LogP contribution is 2.26. The largest absolute Gasteiger partial charge is 0.384 e. The lowest BCUT2D eigenvalue weighted by Gasteiger charge is -2.24. The van der Waals surface area contributed by atoms with E-state index in [1.165, 1.54) is 0 Å². The van der Waals surface area contributed by atoms with Gasteiger partial charge < -0.3 is 25.6 Å². The molecule has 1 saturated heterocycles. The Labute approximate surface area is 211 Å². The molecular formula is C26H35N9O. The Morgan fingerprint density at radius 3 is 2.64 bits per heavy atom. The fourth-order valence-corrected chi connectivity index (χ4v) is 4.48. The Morgan fingerprint density at radius 1 is 1.14 bits per heavy atom. The van der Waals surface area contributed by atoms with E-state index in [0.29, 0.717) is 30.0 Å². The molecule has 0 spiro atoms. The SMILES string of the molecule is CC(C)n1cnc2c(NCc3ccccc3-n3ccc(C(C)(C)O)n3)nc(NC3CCNCC3)nc21. The van der Waals surface area contributed by atoms with Crippen LogP contribution >= 0.6 is 0 Å². The van der Waals surface area contributed by atoms with Crippen LogP contribution in [0.3, 0.4) is 0 Å². The van der Waals surface area contributed by atoms with Gasteiger partial charge in [0, 0.05) is 24.8 Å². The molecule has 0 saturated carbocycles. The third-order valence-electron chi connectivity index (χ3n) is 6.55. The van der Waals surface area contributed by atoms with Crippen LogP contribution in [0, 0.1) is 0 Å². The summed E-state index contributed by atoms with van der Waals surface area (Å²) in [4.78, 5) is 14.3. The van der Waals surface area contributed by atoms with Crippen molar-refractivity contribution in [2.75, 3.05) is 23.7 Å². The average Bonchev–Trinajstić information content (AvgIpc) is 3.51. The quantitative estimate of drug-likeness (QED) is 0.297. The molecular weight excluding hydrogens is 454 g/mol. The van der Waals surface area contributed by atoms with Gasteiger partial charge in [-0.2, -0.15) is 15.1 Å². The molecule has 1 fully saturated rings. The summed E-state index contributed by atoms with van der Waals surface area (Å²) >= 11 is 0. The first-order chi connectivity index (χ1) is 17.3. The molecule has 0 atom stereocenters. The Morgan fingerprint density at radius 2 is 1.92 bits per heavy atom. The second kappa shape index (κ2) is 9.87. The van der Waals surface area contributed by atoms with Gasteiger partial charge in [0.15, 0.2) is 17.0 Å². The van der Waals surface area contributed by atoms with Crippen molar-refractivity contribution in [2.45, 2.75) is 64.8 Å². The Kier molecular flexibility index (Phi) is 6.63. The van der Waals surface area contributed by atoms with Crippen LogP contribution in [0.4, 0.5) is 11.8 Å². The predicted octanol–water partition coefficient (Wildman–Crippen LogP) is 3.60. The van der Waals surface area contributed by atoms with E-state index >= 15 is 0 Å². The lowest BCUT2D eigenvalue weighted by atomic mass is 10.1. The average molecular weight is 490 g/mol. The Bertz CT molecular complexity index is 1330. The molecule has 4 N–H and O–H groups in total. The van der Waals surface area contributed by atoms with Gasteiger partial charge in [-0.15, -0.1) is 0 Å². The smallest absolute Gasteiger partial charge is 0.227 e. The summed E-state index contributed by atoms with van der Waals surface area (Å²) in [5.41, 5.74) is 3.17. The monoisotopic (exact) mass is 489 g/mol. The van der Waals surface area contributed by atoms with Crippen LogP contribution in [0.15, 0.2) is 42.9 Å². The number of rotatable bonds is 8. The van der Waals surface area contributed by atoms with Crippen LogP contribution in [-0.4, -0.2) is 53.5 Å². The van der Waals surface area contributed by atoms with E-state index in [4.69, 9.17) is 9.97 Å². The first-order valence-electron chi connectivity index (χ1n) is 12.6. The summed E-state index contributed by atoms with van der Waals surface area (Å²) in [5, 5.41) is 25.4. The number of aromatic nitrogens is 6. The summed E-state index contributed by atoms with van der Waals surface area (Å²) in [7, 11) is 0. The number of piperidine rings is 1. The highest BCUT2D eigenvalue weighted by Gasteiger charge is 2.21. The predicted molar refractivity (Wildman–Crippen MR) is 141 cm³/mol. The van der Waals surface area contributed by atoms with Crippen molar-refractivity contribution in [2.24, 2.45) is 0 Å². The van der Waals surface area contributed by atoms with E-state index in [1.807, 2.05) is 36.8 Å². The van der Waals surface area contributed by atoms with Gasteiger partial charge in [-0.1, -0.05) is 18.2 Å². The molecule has 10 nitrogen and oxygen atoms in total.